The molecule has 1 aromatic carbocycles. The van der Waals surface area contributed by atoms with Crippen molar-refractivity contribution in [2.75, 3.05) is 26.7 Å². The normalized spacial score (nSPS) is 18.4. The number of carbonyl (C=O) groups excluding carboxylic acids is 4. The average molecular weight is 532 g/mol. The van der Waals surface area contributed by atoms with E-state index in [1.54, 1.807) is 0 Å². The van der Waals surface area contributed by atoms with Gasteiger partial charge in [-0.05, 0) is 69.8 Å². The van der Waals surface area contributed by atoms with Crippen molar-refractivity contribution in [2.24, 2.45) is 5.92 Å². The van der Waals surface area contributed by atoms with Gasteiger partial charge < -0.3 is 25.6 Å². The first-order chi connectivity index (χ1) is 18.1. The SMILES string of the molecule is COc1ccc(C(C)=O)cc1C(O)C(=O)N[C@H](C(=O)NC(CC(=O)O)C(=O)CN1CCCC1)C1CCCC1. The molecule has 208 valence electrons. The van der Waals surface area contributed by atoms with E-state index in [1.807, 2.05) is 4.90 Å². The number of ketones is 2. The first-order valence-electron chi connectivity index (χ1n) is 13.0. The molecule has 0 aromatic heterocycles. The Morgan fingerprint density at radius 2 is 1.68 bits per heavy atom. The number of carboxylic acids is 1. The van der Waals surface area contributed by atoms with Crippen LogP contribution in [0.1, 0.15) is 73.9 Å². The summed E-state index contributed by atoms with van der Waals surface area (Å²) in [6.45, 7) is 2.89. The van der Waals surface area contributed by atoms with Gasteiger partial charge in [0.1, 0.15) is 11.8 Å². The number of nitrogens with one attached hydrogen (secondary N) is 2. The summed E-state index contributed by atoms with van der Waals surface area (Å²) < 4.78 is 5.25. The zero-order chi connectivity index (χ0) is 27.8. The van der Waals surface area contributed by atoms with Crippen LogP contribution in [0.4, 0.5) is 0 Å². The Hall–Kier alpha value is -3.31. The number of benzene rings is 1. The molecule has 3 atom stereocenters. The largest absolute Gasteiger partial charge is 0.496 e. The van der Waals surface area contributed by atoms with E-state index in [-0.39, 0.29) is 35.1 Å². The molecule has 1 saturated heterocycles. The lowest BCUT2D eigenvalue weighted by Gasteiger charge is -2.28. The molecule has 1 heterocycles. The standard InChI is InChI=1S/C27H37N3O8/c1-16(31)18-9-10-22(38-2)19(13-18)25(35)27(37)29-24(17-7-3-4-8-17)26(36)28-20(14-23(33)34)21(32)15-30-11-5-6-12-30/h9-10,13,17,20,24-25,35H,3-8,11-12,14-15H2,1-2H3,(H,28,36)(H,29,37)(H,33,34)/t20?,24-,25?/m0/s1. The molecule has 0 radical (unpaired) electrons. The zero-order valence-corrected chi connectivity index (χ0v) is 21.9. The van der Waals surface area contributed by atoms with E-state index < -0.39 is 48.2 Å². The second-order valence-electron chi connectivity index (χ2n) is 10.1. The minimum Gasteiger partial charge on any atom is -0.496 e. The number of hydrogen-bond donors (Lipinski definition) is 4. The summed E-state index contributed by atoms with van der Waals surface area (Å²) in [5.41, 5.74) is 0.360. The summed E-state index contributed by atoms with van der Waals surface area (Å²) in [5, 5.41) is 25.4. The molecule has 2 fully saturated rings. The third-order valence-corrected chi connectivity index (χ3v) is 7.29. The van der Waals surface area contributed by atoms with E-state index in [9.17, 15) is 34.2 Å². The Morgan fingerprint density at radius 3 is 2.26 bits per heavy atom. The predicted molar refractivity (Wildman–Crippen MR) is 137 cm³/mol. The molecule has 0 spiro atoms. The van der Waals surface area contributed by atoms with Gasteiger partial charge in [-0.3, -0.25) is 28.9 Å². The first-order valence-corrected chi connectivity index (χ1v) is 13.0. The molecule has 4 N–H and O–H groups in total. The van der Waals surface area contributed by atoms with Gasteiger partial charge in [-0.15, -0.1) is 0 Å². The molecule has 2 aliphatic rings. The van der Waals surface area contributed by atoms with Gasteiger partial charge in [0.25, 0.3) is 5.91 Å². The van der Waals surface area contributed by atoms with Gasteiger partial charge in [0.2, 0.25) is 5.91 Å². The molecule has 1 aliphatic heterocycles. The van der Waals surface area contributed by atoms with Crippen LogP contribution in [0.15, 0.2) is 18.2 Å². The van der Waals surface area contributed by atoms with Crippen LogP contribution in [0, 0.1) is 5.92 Å². The number of nitrogens with zero attached hydrogens (tertiary/aromatic N) is 1. The molecule has 2 unspecified atom stereocenters. The van der Waals surface area contributed by atoms with E-state index in [4.69, 9.17) is 4.74 Å². The predicted octanol–water partition coefficient (Wildman–Crippen LogP) is 1.23. The second-order valence-corrected chi connectivity index (χ2v) is 10.1. The van der Waals surface area contributed by atoms with Crippen LogP contribution in [0.2, 0.25) is 0 Å². The monoisotopic (exact) mass is 531 g/mol. The van der Waals surface area contributed by atoms with Gasteiger partial charge in [0.05, 0.1) is 26.1 Å². The van der Waals surface area contributed by atoms with Crippen LogP contribution < -0.4 is 15.4 Å². The maximum absolute atomic E-state index is 13.4. The van der Waals surface area contributed by atoms with Crippen LogP contribution in [0.3, 0.4) is 0 Å². The smallest absolute Gasteiger partial charge is 0.305 e. The summed E-state index contributed by atoms with van der Waals surface area (Å²) in [7, 11) is 1.37. The summed E-state index contributed by atoms with van der Waals surface area (Å²) in [4.78, 5) is 64.6. The number of methoxy groups -OCH3 is 1. The number of Topliss-reactive ketones (excluding diaryl/α,β-unsaturated/α-hetero) is 2. The van der Waals surface area contributed by atoms with Crippen molar-refractivity contribution >= 4 is 29.4 Å². The van der Waals surface area contributed by atoms with Gasteiger partial charge in [-0.1, -0.05) is 12.8 Å². The van der Waals surface area contributed by atoms with Gasteiger partial charge in [0.15, 0.2) is 17.7 Å². The molecular formula is C27H37N3O8. The third-order valence-electron chi connectivity index (χ3n) is 7.29. The lowest BCUT2D eigenvalue weighted by atomic mass is 9.95. The second kappa shape index (κ2) is 13.5. The number of carbonyl (C=O) groups is 5. The Balaban J connectivity index is 1.78. The maximum Gasteiger partial charge on any atom is 0.305 e. The van der Waals surface area contributed by atoms with E-state index in [0.717, 1.165) is 38.8 Å². The molecule has 1 aromatic rings. The first kappa shape index (κ1) is 29.2. The van der Waals surface area contributed by atoms with E-state index in [1.165, 1.54) is 32.2 Å². The van der Waals surface area contributed by atoms with Crippen molar-refractivity contribution in [3.63, 3.8) is 0 Å². The molecular weight excluding hydrogens is 494 g/mol. The van der Waals surface area contributed by atoms with Crippen molar-refractivity contribution in [1.82, 2.24) is 15.5 Å². The van der Waals surface area contributed by atoms with Gasteiger partial charge in [0, 0.05) is 11.1 Å². The number of aliphatic hydroxyl groups is 1. The molecule has 11 nitrogen and oxygen atoms in total. The third kappa shape index (κ3) is 7.61. The lowest BCUT2D eigenvalue weighted by Crippen LogP contribution is -2.56. The Labute approximate surface area is 221 Å². The summed E-state index contributed by atoms with van der Waals surface area (Å²) in [5.74, 6) is -3.45. The van der Waals surface area contributed by atoms with Crippen molar-refractivity contribution in [1.29, 1.82) is 0 Å². The number of hydrogen-bond acceptors (Lipinski definition) is 8. The number of ether oxygens (including phenoxy) is 1. The van der Waals surface area contributed by atoms with E-state index in [2.05, 4.69) is 10.6 Å². The molecule has 2 amide bonds. The number of amides is 2. The number of aliphatic hydroxyl groups excluding tert-OH is 1. The Kier molecular flexibility index (Phi) is 10.4. The Bertz CT molecular complexity index is 1050. The number of aliphatic carboxylic acids is 1. The van der Waals surface area contributed by atoms with Crippen molar-refractivity contribution in [2.45, 2.75) is 70.1 Å². The minimum absolute atomic E-state index is 0.0453. The highest BCUT2D eigenvalue weighted by molar-refractivity contribution is 5.97. The van der Waals surface area contributed by atoms with Crippen LogP contribution in [-0.2, 0) is 19.2 Å². The molecule has 3 rings (SSSR count). The topological polar surface area (TPSA) is 162 Å². The van der Waals surface area contributed by atoms with Crippen LogP contribution in [-0.4, -0.2) is 83.3 Å². The maximum atomic E-state index is 13.4. The van der Waals surface area contributed by atoms with Crippen LogP contribution >= 0.6 is 0 Å². The lowest BCUT2D eigenvalue weighted by molar-refractivity contribution is -0.141. The van der Waals surface area contributed by atoms with Crippen LogP contribution in [0.5, 0.6) is 5.75 Å². The van der Waals surface area contributed by atoms with Crippen molar-refractivity contribution in [3.8, 4) is 5.75 Å². The molecule has 1 aliphatic carbocycles. The quantitative estimate of drug-likeness (QED) is 0.274. The van der Waals surface area contributed by atoms with Crippen molar-refractivity contribution < 1.29 is 38.9 Å². The fourth-order valence-corrected chi connectivity index (χ4v) is 5.18. The molecule has 0 bridgehead atoms. The highest BCUT2D eigenvalue weighted by Gasteiger charge is 2.36. The molecule has 38 heavy (non-hydrogen) atoms. The number of rotatable bonds is 13. The Morgan fingerprint density at radius 1 is 1.03 bits per heavy atom. The van der Waals surface area contributed by atoms with Crippen molar-refractivity contribution in [3.05, 3.63) is 29.3 Å². The average Bonchev–Trinajstić information content (AvgIpc) is 3.60. The zero-order valence-electron chi connectivity index (χ0n) is 21.9. The number of likely N-dealkylation sites (tertiary alicyclic amines) is 1. The van der Waals surface area contributed by atoms with Gasteiger partial charge in [-0.2, -0.15) is 0 Å². The highest BCUT2D eigenvalue weighted by atomic mass is 16.5. The molecule has 11 heteroatoms. The number of carboxylic acid groups (broad SMARTS) is 1. The van der Waals surface area contributed by atoms with E-state index in [0.29, 0.717) is 12.8 Å². The summed E-state index contributed by atoms with van der Waals surface area (Å²) in [6.07, 6.45) is 2.64. The van der Waals surface area contributed by atoms with Gasteiger partial charge in [-0.25, -0.2) is 0 Å². The van der Waals surface area contributed by atoms with E-state index >= 15 is 0 Å². The fourth-order valence-electron chi connectivity index (χ4n) is 5.18. The fraction of sp³-hybridized carbons (Fsp3) is 0.593. The summed E-state index contributed by atoms with van der Waals surface area (Å²) in [6, 6.07) is 2.06. The highest BCUT2D eigenvalue weighted by Crippen LogP contribution is 2.30. The summed E-state index contributed by atoms with van der Waals surface area (Å²) >= 11 is 0. The van der Waals surface area contributed by atoms with Crippen LogP contribution in [0.25, 0.3) is 0 Å². The minimum atomic E-state index is -1.73. The molecule has 1 saturated carbocycles. The van der Waals surface area contributed by atoms with Gasteiger partial charge >= 0.3 is 5.97 Å².